The molecule has 0 fully saturated rings. The Labute approximate surface area is 175 Å². The largest absolute Gasteiger partial charge is 0.481 e. The number of rotatable bonds is 7. The van der Waals surface area contributed by atoms with Gasteiger partial charge in [-0.2, -0.15) is 0 Å². The third kappa shape index (κ3) is 4.54. The van der Waals surface area contributed by atoms with E-state index in [9.17, 15) is 5.11 Å². The van der Waals surface area contributed by atoms with Crippen molar-refractivity contribution in [2.24, 2.45) is 0 Å². The SMILES string of the molecule is COc1nc2ccc(Br)cc2cc1C(c1ccccc1)C(C)(O)CCN(C)C. The molecule has 3 aromatic rings. The summed E-state index contributed by atoms with van der Waals surface area (Å²) in [7, 11) is 5.67. The fourth-order valence-corrected chi connectivity index (χ4v) is 4.01. The molecule has 3 rings (SSSR count). The lowest BCUT2D eigenvalue weighted by molar-refractivity contribution is 0.0269. The Hall–Kier alpha value is -1.95. The molecule has 5 heteroatoms. The van der Waals surface area contributed by atoms with Gasteiger partial charge in [-0.3, -0.25) is 0 Å². The maximum Gasteiger partial charge on any atom is 0.217 e. The average molecular weight is 443 g/mol. The van der Waals surface area contributed by atoms with E-state index in [1.807, 2.05) is 57.4 Å². The number of hydrogen-bond donors (Lipinski definition) is 1. The Kier molecular flexibility index (Phi) is 6.38. The number of hydrogen-bond acceptors (Lipinski definition) is 4. The first-order valence-electron chi connectivity index (χ1n) is 9.38. The summed E-state index contributed by atoms with van der Waals surface area (Å²) in [6, 6.07) is 18.2. The summed E-state index contributed by atoms with van der Waals surface area (Å²) in [6.45, 7) is 2.68. The van der Waals surface area contributed by atoms with Crippen molar-refractivity contribution >= 4 is 26.8 Å². The summed E-state index contributed by atoms with van der Waals surface area (Å²) in [5.41, 5.74) is 1.83. The Morgan fingerprint density at radius 3 is 2.50 bits per heavy atom. The third-order valence-electron chi connectivity index (χ3n) is 5.09. The molecule has 0 aliphatic rings. The maximum absolute atomic E-state index is 11.6. The van der Waals surface area contributed by atoms with Crippen LogP contribution in [0.25, 0.3) is 10.9 Å². The van der Waals surface area contributed by atoms with Crippen molar-refractivity contribution in [1.29, 1.82) is 0 Å². The van der Waals surface area contributed by atoms with Gasteiger partial charge in [-0.1, -0.05) is 46.3 Å². The first-order chi connectivity index (χ1) is 13.3. The molecule has 1 N–H and O–H groups in total. The maximum atomic E-state index is 11.6. The Balaban J connectivity index is 2.19. The van der Waals surface area contributed by atoms with Crippen LogP contribution in [0.1, 0.15) is 30.4 Å². The first kappa shape index (κ1) is 20.8. The quantitative estimate of drug-likeness (QED) is 0.568. The summed E-state index contributed by atoms with van der Waals surface area (Å²) in [5, 5.41) is 12.6. The van der Waals surface area contributed by atoms with Gasteiger partial charge in [-0.05, 0) is 57.3 Å². The predicted molar refractivity (Wildman–Crippen MR) is 118 cm³/mol. The van der Waals surface area contributed by atoms with Crippen molar-refractivity contribution < 1.29 is 9.84 Å². The fourth-order valence-electron chi connectivity index (χ4n) is 3.63. The van der Waals surface area contributed by atoms with E-state index in [4.69, 9.17) is 9.72 Å². The highest BCUT2D eigenvalue weighted by Crippen LogP contribution is 2.41. The van der Waals surface area contributed by atoms with E-state index in [1.54, 1.807) is 7.11 Å². The van der Waals surface area contributed by atoms with Crippen molar-refractivity contribution in [3.8, 4) is 5.88 Å². The zero-order valence-electron chi connectivity index (χ0n) is 16.8. The van der Waals surface area contributed by atoms with Crippen LogP contribution < -0.4 is 4.74 Å². The molecular formula is C23H27BrN2O2. The third-order valence-corrected chi connectivity index (χ3v) is 5.59. The summed E-state index contributed by atoms with van der Waals surface area (Å²) >= 11 is 3.54. The number of ether oxygens (including phenoxy) is 1. The molecule has 0 aliphatic heterocycles. The van der Waals surface area contributed by atoms with Gasteiger partial charge in [0.2, 0.25) is 5.88 Å². The molecule has 148 valence electrons. The molecule has 2 unspecified atom stereocenters. The lowest BCUT2D eigenvalue weighted by Crippen LogP contribution is -2.37. The van der Waals surface area contributed by atoms with Crippen LogP contribution >= 0.6 is 15.9 Å². The number of halogens is 1. The summed E-state index contributed by atoms with van der Waals surface area (Å²) < 4.78 is 6.66. The summed E-state index contributed by atoms with van der Waals surface area (Å²) in [4.78, 5) is 6.81. The molecule has 0 aliphatic carbocycles. The number of aliphatic hydroxyl groups is 1. The van der Waals surface area contributed by atoms with Crippen LogP contribution in [0.4, 0.5) is 0 Å². The van der Waals surface area contributed by atoms with Gasteiger partial charge in [0.05, 0.1) is 18.2 Å². The van der Waals surface area contributed by atoms with Gasteiger partial charge in [0.1, 0.15) is 0 Å². The predicted octanol–water partition coefficient (Wildman–Crippen LogP) is 4.84. The second-order valence-electron chi connectivity index (χ2n) is 7.68. The highest BCUT2D eigenvalue weighted by molar-refractivity contribution is 9.10. The lowest BCUT2D eigenvalue weighted by atomic mass is 9.76. The van der Waals surface area contributed by atoms with Gasteiger partial charge in [-0.25, -0.2) is 4.98 Å². The van der Waals surface area contributed by atoms with Gasteiger partial charge in [0.25, 0.3) is 0 Å². The Morgan fingerprint density at radius 2 is 1.86 bits per heavy atom. The normalized spacial score (nSPS) is 14.8. The van der Waals surface area contributed by atoms with Gasteiger partial charge in [0.15, 0.2) is 0 Å². The second-order valence-corrected chi connectivity index (χ2v) is 8.59. The molecule has 0 amide bonds. The van der Waals surface area contributed by atoms with Crippen molar-refractivity contribution in [3.05, 3.63) is 70.2 Å². The monoisotopic (exact) mass is 442 g/mol. The van der Waals surface area contributed by atoms with Crippen LogP contribution in [0.15, 0.2) is 59.1 Å². The van der Waals surface area contributed by atoms with Gasteiger partial charge in [-0.15, -0.1) is 0 Å². The van der Waals surface area contributed by atoms with Crippen LogP contribution in [-0.4, -0.2) is 48.3 Å². The highest BCUT2D eigenvalue weighted by Gasteiger charge is 2.36. The van der Waals surface area contributed by atoms with Crippen LogP contribution in [0.2, 0.25) is 0 Å². The molecule has 28 heavy (non-hydrogen) atoms. The minimum Gasteiger partial charge on any atom is -0.481 e. The van der Waals surface area contributed by atoms with Crippen LogP contribution in [0.3, 0.4) is 0 Å². The molecule has 2 atom stereocenters. The van der Waals surface area contributed by atoms with E-state index in [2.05, 4.69) is 39.0 Å². The van der Waals surface area contributed by atoms with Crippen molar-refractivity contribution in [1.82, 2.24) is 9.88 Å². The molecule has 1 heterocycles. The average Bonchev–Trinajstić information content (AvgIpc) is 2.66. The molecule has 0 bridgehead atoms. The van der Waals surface area contributed by atoms with Crippen LogP contribution in [0, 0.1) is 0 Å². The van der Waals surface area contributed by atoms with E-state index in [0.29, 0.717) is 12.3 Å². The van der Waals surface area contributed by atoms with Crippen molar-refractivity contribution in [2.75, 3.05) is 27.7 Å². The van der Waals surface area contributed by atoms with Crippen molar-refractivity contribution in [2.45, 2.75) is 24.9 Å². The van der Waals surface area contributed by atoms with Gasteiger partial charge in [0, 0.05) is 27.9 Å². The number of nitrogens with zero attached hydrogens (tertiary/aromatic N) is 2. The summed E-state index contributed by atoms with van der Waals surface area (Å²) in [5.74, 6) is 0.285. The van der Waals surface area contributed by atoms with E-state index >= 15 is 0 Å². The smallest absolute Gasteiger partial charge is 0.217 e. The summed E-state index contributed by atoms with van der Waals surface area (Å²) in [6.07, 6.45) is 0.624. The van der Waals surface area contributed by atoms with E-state index in [1.165, 1.54) is 0 Å². The van der Waals surface area contributed by atoms with E-state index in [0.717, 1.165) is 33.0 Å². The van der Waals surface area contributed by atoms with E-state index < -0.39 is 5.60 Å². The number of pyridine rings is 1. The van der Waals surface area contributed by atoms with Gasteiger partial charge >= 0.3 is 0 Å². The lowest BCUT2D eigenvalue weighted by Gasteiger charge is -2.35. The number of fused-ring (bicyclic) bond motifs is 1. The van der Waals surface area contributed by atoms with Crippen molar-refractivity contribution in [3.63, 3.8) is 0 Å². The molecule has 0 radical (unpaired) electrons. The van der Waals surface area contributed by atoms with E-state index in [-0.39, 0.29) is 5.92 Å². The molecule has 0 saturated heterocycles. The molecular weight excluding hydrogens is 416 g/mol. The van der Waals surface area contributed by atoms with Crippen LogP contribution in [0.5, 0.6) is 5.88 Å². The second kappa shape index (κ2) is 8.60. The Bertz CT molecular complexity index is 942. The minimum atomic E-state index is -0.972. The molecule has 1 aromatic heterocycles. The van der Waals surface area contributed by atoms with Crippen LogP contribution in [-0.2, 0) is 0 Å². The number of benzene rings is 2. The molecule has 4 nitrogen and oxygen atoms in total. The van der Waals surface area contributed by atoms with Gasteiger partial charge < -0.3 is 14.7 Å². The molecule has 2 aromatic carbocycles. The molecule has 0 saturated carbocycles. The topological polar surface area (TPSA) is 45.6 Å². The standard InChI is InChI=1S/C23H27BrN2O2/c1-23(27,12-13-26(2)3)21(16-8-6-5-7-9-16)19-15-17-14-18(24)10-11-20(17)25-22(19)28-4/h5-11,14-15,21,27H,12-13H2,1-4H3. The zero-order chi connectivity index (χ0) is 20.3. The Morgan fingerprint density at radius 1 is 1.14 bits per heavy atom. The zero-order valence-corrected chi connectivity index (χ0v) is 18.4. The number of methoxy groups -OCH3 is 1. The number of aromatic nitrogens is 1. The minimum absolute atomic E-state index is 0.264. The first-order valence-corrected chi connectivity index (χ1v) is 10.2. The highest BCUT2D eigenvalue weighted by atomic mass is 79.9. The molecule has 0 spiro atoms. The fraction of sp³-hybridized carbons (Fsp3) is 0.348.